The molecule has 1 aromatic rings. The number of carbonyl (C=O) groups is 1. The van der Waals surface area contributed by atoms with Crippen molar-refractivity contribution in [2.75, 3.05) is 13.2 Å². The molecular formula is C12H13NO6. The molecule has 2 rings (SSSR count). The van der Waals surface area contributed by atoms with Gasteiger partial charge in [0.2, 0.25) is 0 Å². The maximum Gasteiger partial charge on any atom is 0.338 e. The van der Waals surface area contributed by atoms with Gasteiger partial charge in [0.1, 0.15) is 6.61 Å². The summed E-state index contributed by atoms with van der Waals surface area (Å²) in [5, 5.41) is 19.7. The van der Waals surface area contributed by atoms with Crippen molar-refractivity contribution >= 4 is 11.7 Å². The average Bonchev–Trinajstić information content (AvgIpc) is 2.82. The van der Waals surface area contributed by atoms with E-state index in [1.54, 1.807) is 0 Å². The fourth-order valence-electron chi connectivity index (χ4n) is 1.77. The van der Waals surface area contributed by atoms with Gasteiger partial charge in [0.25, 0.3) is 5.69 Å². The first-order valence-electron chi connectivity index (χ1n) is 5.77. The number of nitro benzene ring substituents is 1. The van der Waals surface area contributed by atoms with Crippen LogP contribution >= 0.6 is 0 Å². The van der Waals surface area contributed by atoms with E-state index in [0.29, 0.717) is 6.42 Å². The Morgan fingerprint density at radius 2 is 2.16 bits per heavy atom. The summed E-state index contributed by atoms with van der Waals surface area (Å²) in [5.41, 5.74) is 0.156. The third-order valence-corrected chi connectivity index (χ3v) is 2.77. The van der Waals surface area contributed by atoms with Gasteiger partial charge in [-0.2, -0.15) is 0 Å². The molecule has 0 unspecified atom stereocenters. The highest BCUT2D eigenvalue weighted by Gasteiger charge is 2.25. The number of carbonyl (C=O) groups excluding carboxylic acids is 1. The molecule has 0 aliphatic carbocycles. The van der Waals surface area contributed by atoms with E-state index >= 15 is 0 Å². The van der Waals surface area contributed by atoms with E-state index in [4.69, 9.17) is 9.47 Å². The monoisotopic (exact) mass is 267 g/mol. The number of nitro groups is 1. The third kappa shape index (κ3) is 3.49. The van der Waals surface area contributed by atoms with Crippen LogP contribution in [0.1, 0.15) is 16.8 Å². The van der Waals surface area contributed by atoms with E-state index in [1.165, 1.54) is 24.3 Å². The molecular weight excluding hydrogens is 254 g/mol. The molecule has 1 heterocycles. The van der Waals surface area contributed by atoms with Crippen molar-refractivity contribution in [2.45, 2.75) is 18.6 Å². The zero-order chi connectivity index (χ0) is 13.8. The lowest BCUT2D eigenvalue weighted by atomic mass is 10.2. The van der Waals surface area contributed by atoms with Gasteiger partial charge in [-0.1, -0.05) is 0 Å². The van der Waals surface area contributed by atoms with E-state index in [9.17, 15) is 20.0 Å². The summed E-state index contributed by atoms with van der Waals surface area (Å²) in [7, 11) is 0. The van der Waals surface area contributed by atoms with Crippen LogP contribution in [-0.2, 0) is 9.47 Å². The van der Waals surface area contributed by atoms with Gasteiger partial charge in [0.15, 0.2) is 0 Å². The number of benzene rings is 1. The molecule has 0 saturated carbocycles. The minimum atomic E-state index is -0.570. The minimum absolute atomic E-state index is 0.0624. The molecule has 2 atom stereocenters. The molecule has 102 valence electrons. The van der Waals surface area contributed by atoms with E-state index in [2.05, 4.69) is 0 Å². The number of aliphatic hydroxyl groups is 1. The zero-order valence-electron chi connectivity index (χ0n) is 10.0. The van der Waals surface area contributed by atoms with Crippen molar-refractivity contribution in [3.63, 3.8) is 0 Å². The lowest BCUT2D eigenvalue weighted by molar-refractivity contribution is -0.384. The first kappa shape index (κ1) is 13.4. The number of hydrogen-bond donors (Lipinski definition) is 1. The number of aliphatic hydroxyl groups excluding tert-OH is 1. The van der Waals surface area contributed by atoms with E-state index in [1.807, 2.05) is 0 Å². The molecule has 1 aromatic carbocycles. The number of rotatable bonds is 4. The van der Waals surface area contributed by atoms with Gasteiger partial charge in [0, 0.05) is 18.6 Å². The van der Waals surface area contributed by atoms with Crippen LogP contribution in [0.25, 0.3) is 0 Å². The number of hydrogen-bond acceptors (Lipinski definition) is 6. The van der Waals surface area contributed by atoms with Gasteiger partial charge in [-0.3, -0.25) is 10.1 Å². The van der Waals surface area contributed by atoms with Crippen LogP contribution in [0.4, 0.5) is 5.69 Å². The van der Waals surface area contributed by atoms with Crippen molar-refractivity contribution in [1.82, 2.24) is 0 Å². The van der Waals surface area contributed by atoms with Crippen LogP contribution in [0.5, 0.6) is 0 Å². The summed E-state index contributed by atoms with van der Waals surface area (Å²) in [6.45, 7) is 0.312. The largest absolute Gasteiger partial charge is 0.459 e. The minimum Gasteiger partial charge on any atom is -0.459 e. The molecule has 0 amide bonds. The lowest BCUT2D eigenvalue weighted by Crippen LogP contribution is -2.18. The molecule has 7 nitrogen and oxygen atoms in total. The normalized spacial score (nSPS) is 22.2. The summed E-state index contributed by atoms with van der Waals surface area (Å²) in [5.74, 6) is -0.570. The number of esters is 1. The maximum atomic E-state index is 11.7. The van der Waals surface area contributed by atoms with Crippen LogP contribution in [0, 0.1) is 10.1 Å². The number of non-ortho nitro benzene ring substituents is 1. The fraction of sp³-hybridized carbons (Fsp3) is 0.417. The quantitative estimate of drug-likeness (QED) is 0.494. The number of ether oxygens (including phenoxy) is 2. The zero-order valence-corrected chi connectivity index (χ0v) is 10.0. The predicted octanol–water partition coefficient (Wildman–Crippen LogP) is 0.901. The summed E-state index contributed by atoms with van der Waals surface area (Å²) in [6.07, 6.45) is -0.367. The highest BCUT2D eigenvalue weighted by Crippen LogP contribution is 2.15. The van der Waals surface area contributed by atoms with Crippen LogP contribution in [0.15, 0.2) is 24.3 Å². The molecule has 1 fully saturated rings. The summed E-state index contributed by atoms with van der Waals surface area (Å²) in [4.78, 5) is 21.6. The second-order valence-corrected chi connectivity index (χ2v) is 4.25. The second kappa shape index (κ2) is 5.77. The van der Waals surface area contributed by atoms with Crippen molar-refractivity contribution in [2.24, 2.45) is 0 Å². The van der Waals surface area contributed by atoms with Crippen LogP contribution in [-0.4, -0.2) is 41.4 Å². The molecule has 0 spiro atoms. The van der Waals surface area contributed by atoms with E-state index < -0.39 is 17.0 Å². The molecule has 1 N–H and O–H groups in total. The van der Waals surface area contributed by atoms with Crippen LogP contribution in [0.2, 0.25) is 0 Å². The maximum absolute atomic E-state index is 11.7. The lowest BCUT2D eigenvalue weighted by Gasteiger charge is -2.09. The first-order chi connectivity index (χ1) is 9.06. The van der Waals surface area contributed by atoms with Gasteiger partial charge in [-0.25, -0.2) is 4.79 Å². The summed E-state index contributed by atoms with van der Waals surface area (Å²) >= 11 is 0. The predicted molar refractivity (Wildman–Crippen MR) is 63.7 cm³/mol. The SMILES string of the molecule is O=C(OC[C@H]1C[C@H](O)CO1)c1ccc([N+](=O)[O-])cc1. The Kier molecular flexibility index (Phi) is 4.08. The molecule has 1 saturated heterocycles. The Morgan fingerprint density at radius 1 is 1.47 bits per heavy atom. The van der Waals surface area contributed by atoms with E-state index in [0.717, 1.165) is 0 Å². The van der Waals surface area contributed by atoms with Crippen molar-refractivity contribution in [3.8, 4) is 0 Å². The molecule has 7 heteroatoms. The Bertz CT molecular complexity index is 472. The van der Waals surface area contributed by atoms with Crippen LogP contribution < -0.4 is 0 Å². The Labute approximate surface area is 108 Å². The van der Waals surface area contributed by atoms with Gasteiger partial charge in [-0.15, -0.1) is 0 Å². The van der Waals surface area contributed by atoms with Crippen molar-refractivity contribution < 1.29 is 24.3 Å². The van der Waals surface area contributed by atoms with Crippen molar-refractivity contribution in [1.29, 1.82) is 0 Å². The van der Waals surface area contributed by atoms with Crippen molar-refractivity contribution in [3.05, 3.63) is 39.9 Å². The standard InChI is InChI=1S/C12H13NO6/c14-10-5-11(18-6-10)7-19-12(15)8-1-3-9(4-2-8)13(16)17/h1-4,10-11,14H,5-7H2/t10-,11+/m0/s1. The summed E-state index contributed by atoms with van der Waals surface area (Å²) < 4.78 is 10.2. The van der Waals surface area contributed by atoms with Gasteiger partial charge < -0.3 is 14.6 Å². The highest BCUT2D eigenvalue weighted by atomic mass is 16.6. The second-order valence-electron chi connectivity index (χ2n) is 4.25. The first-order valence-corrected chi connectivity index (χ1v) is 5.77. The number of nitrogens with zero attached hydrogens (tertiary/aromatic N) is 1. The van der Waals surface area contributed by atoms with Gasteiger partial charge >= 0.3 is 5.97 Å². The fourth-order valence-corrected chi connectivity index (χ4v) is 1.77. The van der Waals surface area contributed by atoms with Crippen LogP contribution in [0.3, 0.4) is 0 Å². The Hall–Kier alpha value is -1.99. The van der Waals surface area contributed by atoms with Gasteiger partial charge in [0.05, 0.1) is 29.3 Å². The van der Waals surface area contributed by atoms with E-state index in [-0.39, 0.29) is 30.6 Å². The highest BCUT2D eigenvalue weighted by molar-refractivity contribution is 5.89. The molecule has 1 aliphatic heterocycles. The average molecular weight is 267 g/mol. The smallest absolute Gasteiger partial charge is 0.338 e. The third-order valence-electron chi connectivity index (χ3n) is 2.77. The molecule has 1 aliphatic rings. The Morgan fingerprint density at radius 3 is 2.68 bits per heavy atom. The molecule has 0 bridgehead atoms. The Balaban J connectivity index is 1.87. The molecule has 19 heavy (non-hydrogen) atoms. The van der Waals surface area contributed by atoms with Gasteiger partial charge in [-0.05, 0) is 12.1 Å². The molecule has 0 radical (unpaired) electrons. The topological polar surface area (TPSA) is 98.9 Å². The molecule has 0 aromatic heterocycles. The summed E-state index contributed by atoms with van der Waals surface area (Å²) in [6, 6.07) is 5.16.